The minimum Gasteiger partial charge on any atom is -0.367 e. The van der Waals surface area contributed by atoms with Gasteiger partial charge in [-0.25, -0.2) is 9.97 Å². The summed E-state index contributed by atoms with van der Waals surface area (Å²) >= 11 is 0. The number of nitrogens with one attached hydrogen (secondary N) is 2. The number of nitrogens with zero attached hydrogens (tertiary/aromatic N) is 3. The summed E-state index contributed by atoms with van der Waals surface area (Å²) in [5.41, 5.74) is -0.146. The summed E-state index contributed by atoms with van der Waals surface area (Å²) in [7, 11) is 3.13. The van der Waals surface area contributed by atoms with Crippen LogP contribution in [0.3, 0.4) is 0 Å². The summed E-state index contributed by atoms with van der Waals surface area (Å²) in [5.74, 6) is 0.397. The molecular formula is C6H9N5O2. The second-order valence-electron chi connectivity index (χ2n) is 2.18. The maximum atomic E-state index is 10.6. The number of nitro groups is 1. The van der Waals surface area contributed by atoms with Crippen molar-refractivity contribution in [3.8, 4) is 0 Å². The smallest absolute Gasteiger partial charge is 0.353 e. The van der Waals surface area contributed by atoms with Crippen molar-refractivity contribution in [2.45, 2.75) is 0 Å². The Hall–Kier alpha value is -1.92. The van der Waals surface area contributed by atoms with Gasteiger partial charge in [0.1, 0.15) is 6.33 Å². The molecule has 0 saturated carbocycles. The van der Waals surface area contributed by atoms with Crippen molar-refractivity contribution in [1.29, 1.82) is 0 Å². The zero-order chi connectivity index (χ0) is 9.84. The number of rotatable bonds is 3. The summed E-state index contributed by atoms with van der Waals surface area (Å²) in [6.07, 6.45) is 1.25. The monoisotopic (exact) mass is 183 g/mol. The van der Waals surface area contributed by atoms with Crippen LogP contribution in [0.1, 0.15) is 0 Å². The Balaban J connectivity index is 3.29. The van der Waals surface area contributed by atoms with Crippen molar-refractivity contribution in [1.82, 2.24) is 9.97 Å². The second-order valence-corrected chi connectivity index (χ2v) is 2.18. The van der Waals surface area contributed by atoms with Gasteiger partial charge in [-0.1, -0.05) is 0 Å². The number of anilines is 2. The Morgan fingerprint density at radius 2 is 1.77 bits per heavy atom. The van der Waals surface area contributed by atoms with Crippen LogP contribution in [-0.4, -0.2) is 29.0 Å². The summed E-state index contributed by atoms with van der Waals surface area (Å²) < 4.78 is 0. The molecule has 1 rings (SSSR count). The molecule has 0 unspecified atom stereocenters. The molecule has 0 radical (unpaired) electrons. The first-order chi connectivity index (χ1) is 6.20. The predicted octanol–water partition coefficient (Wildman–Crippen LogP) is 0.468. The Morgan fingerprint density at radius 1 is 1.31 bits per heavy atom. The quantitative estimate of drug-likeness (QED) is 0.522. The molecule has 0 fully saturated rings. The van der Waals surface area contributed by atoms with Gasteiger partial charge in [0.05, 0.1) is 4.92 Å². The molecule has 13 heavy (non-hydrogen) atoms. The van der Waals surface area contributed by atoms with E-state index < -0.39 is 4.92 Å². The molecule has 0 aromatic carbocycles. The molecular weight excluding hydrogens is 174 g/mol. The van der Waals surface area contributed by atoms with E-state index in [1.54, 1.807) is 14.1 Å². The molecule has 0 aliphatic heterocycles. The van der Waals surface area contributed by atoms with Crippen LogP contribution in [-0.2, 0) is 0 Å². The van der Waals surface area contributed by atoms with Gasteiger partial charge in [-0.3, -0.25) is 10.1 Å². The third-order valence-electron chi connectivity index (χ3n) is 1.48. The third kappa shape index (κ3) is 1.63. The average molecular weight is 183 g/mol. The Bertz CT molecular complexity index is 305. The van der Waals surface area contributed by atoms with E-state index in [1.807, 2.05) is 0 Å². The van der Waals surface area contributed by atoms with Crippen LogP contribution in [0.4, 0.5) is 17.3 Å². The van der Waals surface area contributed by atoms with E-state index in [-0.39, 0.29) is 17.3 Å². The minimum absolute atomic E-state index is 0.146. The van der Waals surface area contributed by atoms with E-state index in [2.05, 4.69) is 20.6 Å². The van der Waals surface area contributed by atoms with Crippen LogP contribution < -0.4 is 10.6 Å². The molecule has 1 aromatic heterocycles. The molecule has 0 atom stereocenters. The number of hydrogen-bond donors (Lipinski definition) is 2. The first kappa shape index (κ1) is 9.17. The van der Waals surface area contributed by atoms with Gasteiger partial charge in [-0.2, -0.15) is 0 Å². The topological polar surface area (TPSA) is 93.0 Å². The van der Waals surface area contributed by atoms with Crippen LogP contribution in [0.15, 0.2) is 6.33 Å². The maximum absolute atomic E-state index is 10.6. The molecule has 70 valence electrons. The highest BCUT2D eigenvalue weighted by molar-refractivity contribution is 5.68. The molecule has 7 heteroatoms. The van der Waals surface area contributed by atoms with E-state index in [9.17, 15) is 10.1 Å². The van der Waals surface area contributed by atoms with Gasteiger partial charge in [-0.15, -0.1) is 0 Å². The molecule has 1 aromatic rings. The summed E-state index contributed by atoms with van der Waals surface area (Å²) in [6.45, 7) is 0. The molecule has 7 nitrogen and oxygen atoms in total. The third-order valence-corrected chi connectivity index (χ3v) is 1.48. The summed E-state index contributed by atoms with van der Waals surface area (Å²) in [4.78, 5) is 17.5. The fourth-order valence-electron chi connectivity index (χ4n) is 0.918. The van der Waals surface area contributed by atoms with Gasteiger partial charge in [0.2, 0.25) is 11.6 Å². The first-order valence-corrected chi connectivity index (χ1v) is 3.55. The maximum Gasteiger partial charge on any atom is 0.353 e. The fourth-order valence-corrected chi connectivity index (χ4v) is 0.918. The molecule has 0 saturated heterocycles. The zero-order valence-electron chi connectivity index (χ0n) is 7.24. The number of hydrogen-bond acceptors (Lipinski definition) is 6. The SMILES string of the molecule is CNc1ncnc(NC)c1[N+](=O)[O-]. The number of aromatic nitrogens is 2. The van der Waals surface area contributed by atoms with E-state index in [4.69, 9.17) is 0 Å². The van der Waals surface area contributed by atoms with E-state index >= 15 is 0 Å². The standard InChI is InChI=1S/C6H9N5O2/c1-7-5-4(11(12)13)6(8-2)10-3-9-5/h3H,1-2H3,(H2,7,8,9,10). The highest BCUT2D eigenvalue weighted by Gasteiger charge is 2.20. The average Bonchev–Trinajstić information content (AvgIpc) is 2.16. The molecule has 0 amide bonds. The molecule has 0 aliphatic carbocycles. The van der Waals surface area contributed by atoms with Crippen LogP contribution in [0.2, 0.25) is 0 Å². The minimum atomic E-state index is -0.530. The van der Waals surface area contributed by atoms with Crippen LogP contribution >= 0.6 is 0 Å². The van der Waals surface area contributed by atoms with Crippen LogP contribution in [0, 0.1) is 10.1 Å². The highest BCUT2D eigenvalue weighted by atomic mass is 16.6. The predicted molar refractivity (Wildman–Crippen MR) is 47.8 cm³/mol. The van der Waals surface area contributed by atoms with Gasteiger partial charge >= 0.3 is 5.69 Å². The second kappa shape index (κ2) is 3.65. The Kier molecular flexibility index (Phi) is 2.58. The molecule has 0 bridgehead atoms. The summed E-state index contributed by atoms with van der Waals surface area (Å²) in [6, 6.07) is 0. The lowest BCUT2D eigenvalue weighted by atomic mass is 10.4. The van der Waals surface area contributed by atoms with Crippen molar-refractivity contribution in [3.05, 3.63) is 16.4 Å². The lowest BCUT2D eigenvalue weighted by Gasteiger charge is -2.03. The van der Waals surface area contributed by atoms with E-state index in [0.717, 1.165) is 0 Å². The fraction of sp³-hybridized carbons (Fsp3) is 0.333. The van der Waals surface area contributed by atoms with Gasteiger partial charge in [0, 0.05) is 14.1 Å². The van der Waals surface area contributed by atoms with Crippen molar-refractivity contribution in [2.75, 3.05) is 24.7 Å². The molecule has 2 N–H and O–H groups in total. The Morgan fingerprint density at radius 3 is 2.08 bits per heavy atom. The van der Waals surface area contributed by atoms with Crippen molar-refractivity contribution < 1.29 is 4.92 Å². The normalized spacial score (nSPS) is 9.38. The van der Waals surface area contributed by atoms with Gasteiger partial charge in [0.25, 0.3) is 0 Å². The Labute approximate surface area is 74.4 Å². The molecule has 0 spiro atoms. The largest absolute Gasteiger partial charge is 0.367 e. The zero-order valence-corrected chi connectivity index (χ0v) is 7.24. The van der Waals surface area contributed by atoms with E-state index in [0.29, 0.717) is 0 Å². The van der Waals surface area contributed by atoms with Crippen molar-refractivity contribution in [2.24, 2.45) is 0 Å². The van der Waals surface area contributed by atoms with Crippen molar-refractivity contribution >= 4 is 17.3 Å². The summed E-state index contributed by atoms with van der Waals surface area (Å²) in [5, 5.41) is 15.8. The van der Waals surface area contributed by atoms with Crippen molar-refractivity contribution in [3.63, 3.8) is 0 Å². The lowest BCUT2D eigenvalue weighted by Crippen LogP contribution is -2.04. The van der Waals surface area contributed by atoms with Crippen LogP contribution in [0.25, 0.3) is 0 Å². The van der Waals surface area contributed by atoms with Gasteiger partial charge < -0.3 is 10.6 Å². The van der Waals surface area contributed by atoms with E-state index in [1.165, 1.54) is 6.33 Å². The van der Waals surface area contributed by atoms with Gasteiger partial charge in [-0.05, 0) is 0 Å². The molecule has 1 heterocycles. The highest BCUT2D eigenvalue weighted by Crippen LogP contribution is 2.27. The van der Waals surface area contributed by atoms with Gasteiger partial charge in [0.15, 0.2) is 0 Å². The molecule has 0 aliphatic rings. The lowest BCUT2D eigenvalue weighted by molar-refractivity contribution is -0.383. The first-order valence-electron chi connectivity index (χ1n) is 3.55. The van der Waals surface area contributed by atoms with Crippen LogP contribution in [0.5, 0.6) is 0 Å².